The molecule has 0 saturated carbocycles. The summed E-state index contributed by atoms with van der Waals surface area (Å²) in [7, 11) is -3.99. The highest BCUT2D eigenvalue weighted by atomic mass is 32.2. The first-order chi connectivity index (χ1) is 12.4. The van der Waals surface area contributed by atoms with Gasteiger partial charge in [-0.15, -0.1) is 5.10 Å². The van der Waals surface area contributed by atoms with Crippen molar-refractivity contribution in [2.24, 2.45) is 0 Å². The molecular formula is C16H18N4O5S. The van der Waals surface area contributed by atoms with Crippen molar-refractivity contribution >= 4 is 15.7 Å². The van der Waals surface area contributed by atoms with Crippen molar-refractivity contribution in [3.05, 3.63) is 52.2 Å². The van der Waals surface area contributed by atoms with E-state index in [0.717, 1.165) is 5.69 Å². The zero-order valence-electron chi connectivity index (χ0n) is 14.1. The van der Waals surface area contributed by atoms with Gasteiger partial charge in [-0.25, -0.2) is 8.42 Å². The molecule has 3 rings (SSSR count). The summed E-state index contributed by atoms with van der Waals surface area (Å²) in [6, 6.07) is 8.79. The van der Waals surface area contributed by atoms with Crippen LogP contribution in [-0.2, 0) is 10.0 Å². The van der Waals surface area contributed by atoms with E-state index in [-0.39, 0.29) is 18.0 Å². The van der Waals surface area contributed by atoms with Gasteiger partial charge in [0.25, 0.3) is 5.69 Å². The second-order valence-electron chi connectivity index (χ2n) is 5.98. The average molecular weight is 378 g/mol. The normalized spacial score (nSPS) is 18.4. The lowest BCUT2D eigenvalue weighted by molar-refractivity contribution is -0.387. The molecule has 1 atom stereocenters. The van der Waals surface area contributed by atoms with Crippen molar-refractivity contribution in [2.75, 3.05) is 13.1 Å². The molecule has 1 saturated heterocycles. The van der Waals surface area contributed by atoms with Gasteiger partial charge >= 0.3 is 0 Å². The number of aryl methyl sites for hydroxylation is 1. The highest BCUT2D eigenvalue weighted by molar-refractivity contribution is 7.89. The van der Waals surface area contributed by atoms with Crippen molar-refractivity contribution in [1.82, 2.24) is 14.5 Å². The van der Waals surface area contributed by atoms with Gasteiger partial charge < -0.3 is 4.74 Å². The van der Waals surface area contributed by atoms with Crippen molar-refractivity contribution in [2.45, 2.75) is 30.8 Å². The topological polar surface area (TPSA) is 116 Å². The van der Waals surface area contributed by atoms with Gasteiger partial charge in [-0.05, 0) is 31.9 Å². The van der Waals surface area contributed by atoms with Crippen molar-refractivity contribution < 1.29 is 18.1 Å². The molecule has 0 aliphatic carbocycles. The Kier molecular flexibility index (Phi) is 5.14. The first-order valence-corrected chi connectivity index (χ1v) is 9.52. The Bertz CT molecular complexity index is 901. The number of nitro groups is 1. The highest BCUT2D eigenvalue weighted by Gasteiger charge is 2.35. The molecule has 2 heterocycles. The van der Waals surface area contributed by atoms with E-state index in [4.69, 9.17) is 4.74 Å². The molecule has 0 bridgehead atoms. The standard InChI is InChI=1S/C16H18N4O5S/c1-12-8-9-16(18-17-12)25-13-5-4-10-19(11-13)26(23,24)15-7-3-2-6-14(15)20(21)22/h2-3,6-9,13H,4-5,10-11H2,1H3. The molecule has 0 amide bonds. The van der Waals surface area contributed by atoms with Crippen LogP contribution in [0, 0.1) is 17.0 Å². The first-order valence-electron chi connectivity index (χ1n) is 8.08. The predicted octanol–water partition coefficient (Wildman–Crippen LogP) is 1.93. The number of nitrogens with zero attached hydrogens (tertiary/aromatic N) is 4. The molecule has 9 nitrogen and oxygen atoms in total. The molecule has 1 aliphatic heterocycles. The molecule has 1 fully saturated rings. The number of hydrogen-bond acceptors (Lipinski definition) is 7. The Labute approximate surface area is 150 Å². The second-order valence-corrected chi connectivity index (χ2v) is 7.89. The minimum Gasteiger partial charge on any atom is -0.472 e. The van der Waals surface area contributed by atoms with E-state index in [9.17, 15) is 18.5 Å². The summed E-state index contributed by atoms with van der Waals surface area (Å²) in [6.07, 6.45) is 0.862. The quantitative estimate of drug-likeness (QED) is 0.576. The minimum absolute atomic E-state index is 0.101. The number of sulfonamides is 1. The minimum atomic E-state index is -3.99. The predicted molar refractivity (Wildman–Crippen MR) is 92.3 cm³/mol. The van der Waals surface area contributed by atoms with E-state index >= 15 is 0 Å². The molecule has 10 heteroatoms. The van der Waals surface area contributed by atoms with Crippen molar-refractivity contribution in [3.8, 4) is 5.88 Å². The maximum atomic E-state index is 12.9. The fraction of sp³-hybridized carbons (Fsp3) is 0.375. The number of piperidine rings is 1. The van der Waals surface area contributed by atoms with Crippen LogP contribution in [0.4, 0.5) is 5.69 Å². The molecule has 1 unspecified atom stereocenters. The van der Waals surface area contributed by atoms with Crippen LogP contribution in [-0.4, -0.2) is 47.0 Å². The molecule has 26 heavy (non-hydrogen) atoms. The summed E-state index contributed by atoms with van der Waals surface area (Å²) in [5.41, 5.74) is 0.321. The monoisotopic (exact) mass is 378 g/mol. The number of rotatable bonds is 5. The summed E-state index contributed by atoms with van der Waals surface area (Å²) in [5.74, 6) is 0.325. The summed E-state index contributed by atoms with van der Waals surface area (Å²) in [4.78, 5) is 10.2. The summed E-state index contributed by atoms with van der Waals surface area (Å²) in [6.45, 7) is 2.19. The highest BCUT2D eigenvalue weighted by Crippen LogP contribution is 2.28. The summed E-state index contributed by atoms with van der Waals surface area (Å²) in [5, 5.41) is 19.0. The number of nitro benzene ring substituents is 1. The maximum absolute atomic E-state index is 12.9. The lowest BCUT2D eigenvalue weighted by Crippen LogP contribution is -2.44. The molecule has 1 aliphatic rings. The zero-order valence-corrected chi connectivity index (χ0v) is 14.9. The van der Waals surface area contributed by atoms with E-state index in [1.807, 2.05) is 0 Å². The Balaban J connectivity index is 1.80. The van der Waals surface area contributed by atoms with Gasteiger partial charge in [0.2, 0.25) is 15.9 Å². The Morgan fingerprint density at radius 3 is 2.69 bits per heavy atom. The van der Waals surface area contributed by atoms with Gasteiger partial charge in [0.15, 0.2) is 4.90 Å². The van der Waals surface area contributed by atoms with Crippen molar-refractivity contribution in [1.29, 1.82) is 0 Å². The largest absolute Gasteiger partial charge is 0.472 e. The molecule has 1 aromatic carbocycles. The fourth-order valence-electron chi connectivity index (χ4n) is 2.81. The fourth-order valence-corrected chi connectivity index (χ4v) is 4.47. The van der Waals surface area contributed by atoms with E-state index in [2.05, 4.69) is 10.2 Å². The molecule has 0 spiro atoms. The van der Waals surface area contributed by atoms with Crippen LogP contribution in [0.5, 0.6) is 5.88 Å². The van der Waals surface area contributed by atoms with E-state index in [0.29, 0.717) is 18.7 Å². The van der Waals surface area contributed by atoms with Gasteiger partial charge in [-0.2, -0.15) is 9.40 Å². The molecule has 1 aromatic heterocycles. The van der Waals surface area contributed by atoms with Gasteiger partial charge in [0, 0.05) is 18.7 Å². The number of hydrogen-bond donors (Lipinski definition) is 0. The summed E-state index contributed by atoms with van der Waals surface area (Å²) < 4.78 is 32.7. The van der Waals surface area contributed by atoms with E-state index < -0.39 is 26.7 Å². The van der Waals surface area contributed by atoms with Crippen LogP contribution >= 0.6 is 0 Å². The SMILES string of the molecule is Cc1ccc(OC2CCCN(S(=O)(=O)c3ccccc3[N+](=O)[O-])C2)nn1. The van der Waals surface area contributed by atoms with Gasteiger partial charge in [-0.1, -0.05) is 12.1 Å². The third-order valence-electron chi connectivity index (χ3n) is 4.08. The summed E-state index contributed by atoms with van der Waals surface area (Å²) >= 11 is 0. The Morgan fingerprint density at radius 2 is 2.00 bits per heavy atom. The third kappa shape index (κ3) is 3.81. The third-order valence-corrected chi connectivity index (χ3v) is 5.99. The van der Waals surface area contributed by atoms with Crippen LogP contribution in [0.2, 0.25) is 0 Å². The smallest absolute Gasteiger partial charge is 0.289 e. The van der Waals surface area contributed by atoms with Crippen LogP contribution in [0.25, 0.3) is 0 Å². The molecular weight excluding hydrogens is 360 g/mol. The molecule has 0 radical (unpaired) electrons. The van der Waals surface area contributed by atoms with Crippen LogP contribution in [0.1, 0.15) is 18.5 Å². The van der Waals surface area contributed by atoms with Gasteiger partial charge in [-0.3, -0.25) is 10.1 Å². The first kappa shape index (κ1) is 18.2. The van der Waals surface area contributed by atoms with Gasteiger partial charge in [0.05, 0.1) is 17.2 Å². The number of para-hydroxylation sites is 1. The van der Waals surface area contributed by atoms with E-state index in [1.165, 1.54) is 28.6 Å². The molecule has 2 aromatic rings. The van der Waals surface area contributed by atoms with Crippen LogP contribution < -0.4 is 4.74 Å². The lowest BCUT2D eigenvalue weighted by Gasteiger charge is -2.31. The van der Waals surface area contributed by atoms with Gasteiger partial charge in [0.1, 0.15) is 6.10 Å². The van der Waals surface area contributed by atoms with Crippen LogP contribution in [0.15, 0.2) is 41.3 Å². The number of benzene rings is 1. The molecule has 0 N–H and O–H groups in total. The van der Waals surface area contributed by atoms with Crippen LogP contribution in [0.3, 0.4) is 0 Å². The number of ether oxygens (including phenoxy) is 1. The number of aromatic nitrogens is 2. The Hall–Kier alpha value is -2.59. The zero-order chi connectivity index (χ0) is 18.7. The Morgan fingerprint density at radius 1 is 1.23 bits per heavy atom. The second kappa shape index (κ2) is 7.34. The van der Waals surface area contributed by atoms with Crippen molar-refractivity contribution in [3.63, 3.8) is 0 Å². The lowest BCUT2D eigenvalue weighted by atomic mass is 10.1. The van der Waals surface area contributed by atoms with E-state index in [1.54, 1.807) is 19.1 Å². The molecule has 138 valence electrons. The average Bonchev–Trinajstić information content (AvgIpc) is 2.64. The maximum Gasteiger partial charge on any atom is 0.289 e.